The Morgan fingerprint density at radius 3 is 1.41 bits per heavy atom. The lowest BCUT2D eigenvalue weighted by Crippen LogP contribution is -2.41. The molecule has 0 aromatic heterocycles. The van der Waals surface area contributed by atoms with Gasteiger partial charge in [-0.1, -0.05) is 82.9 Å². The van der Waals surface area contributed by atoms with Gasteiger partial charge in [0.15, 0.2) is 0 Å². The molecule has 0 amide bonds. The summed E-state index contributed by atoms with van der Waals surface area (Å²) in [5, 5.41) is 0. The van der Waals surface area contributed by atoms with Crippen LogP contribution < -0.4 is 5.46 Å². The van der Waals surface area contributed by atoms with Gasteiger partial charge in [0.2, 0.25) is 0 Å². The quantitative estimate of drug-likeness (QED) is 0.233. The second-order valence-corrected chi connectivity index (χ2v) is 7.30. The Hall–Kier alpha value is -0.985. The van der Waals surface area contributed by atoms with E-state index in [1.54, 1.807) is 34.7 Å². The van der Waals surface area contributed by atoms with Crippen molar-refractivity contribution in [3.8, 4) is 0 Å². The molecule has 0 atom stereocenters. The third-order valence-electron chi connectivity index (χ3n) is 4.32. The van der Waals surface area contributed by atoms with Crippen LogP contribution in [0.5, 0.6) is 0 Å². The largest absolute Gasteiger partial charge is 0.494 e. The third-order valence-corrected chi connectivity index (χ3v) is 4.32. The number of hydrogen-bond donors (Lipinski definition) is 0. The van der Waals surface area contributed by atoms with Gasteiger partial charge in [-0.2, -0.15) is 0 Å². The summed E-state index contributed by atoms with van der Waals surface area (Å²) >= 11 is 1.62. The van der Waals surface area contributed by atoms with Crippen molar-refractivity contribution in [3.05, 3.63) is 66.2 Å². The van der Waals surface area contributed by atoms with E-state index in [4.69, 9.17) is 9.31 Å². The van der Waals surface area contributed by atoms with Crippen molar-refractivity contribution in [3.63, 3.8) is 0 Å². The van der Waals surface area contributed by atoms with Crippen molar-refractivity contribution in [1.82, 2.24) is 0 Å². The predicted molar refractivity (Wildman–Crippen MR) is 134 cm³/mol. The van der Waals surface area contributed by atoms with Crippen LogP contribution >= 0.6 is 22.6 Å². The lowest BCUT2D eigenvalue weighted by molar-refractivity contribution is 0.00578. The first kappa shape index (κ1) is 32.7. The summed E-state index contributed by atoms with van der Waals surface area (Å²) in [6.45, 7) is 7.90. The van der Waals surface area contributed by atoms with Crippen LogP contribution in [-0.4, -0.2) is 23.0 Å². The summed E-state index contributed by atoms with van der Waals surface area (Å²) in [5.41, 5.74) is 1.31. The summed E-state index contributed by atoms with van der Waals surface area (Å²) in [5.74, 6) is 0. The van der Waals surface area contributed by atoms with E-state index in [9.17, 15) is 8.78 Å². The zero-order chi connectivity index (χ0) is 19.6. The topological polar surface area (TPSA) is 18.5 Å². The van der Waals surface area contributed by atoms with Crippen molar-refractivity contribution in [2.75, 3.05) is 4.68 Å². The van der Waals surface area contributed by atoms with Gasteiger partial charge in [0.1, 0.15) is 11.4 Å². The van der Waals surface area contributed by atoms with Crippen molar-refractivity contribution >= 4 is 35.2 Å². The van der Waals surface area contributed by atoms with E-state index in [0.717, 1.165) is 11.0 Å². The summed E-state index contributed by atoms with van der Waals surface area (Å²) in [4.78, 5) is 0. The van der Waals surface area contributed by atoms with Crippen LogP contribution in [0.25, 0.3) is 0 Å². The Bertz CT molecular complexity index is 609. The van der Waals surface area contributed by atoms with Gasteiger partial charge in [-0.15, -0.1) is 0 Å². The maximum atomic E-state index is 11.7. The lowest BCUT2D eigenvalue weighted by Gasteiger charge is -2.32. The molecule has 1 heterocycles. The number of alkyl halides is 3. The Kier molecular flexibility index (Phi) is 17.8. The molecule has 1 fully saturated rings. The average Bonchev–Trinajstić information content (AvgIpc) is 2.85. The summed E-state index contributed by atoms with van der Waals surface area (Å²) in [6.07, 6.45) is 0. The highest BCUT2D eigenvalue weighted by molar-refractivity contribution is 14.1. The fourth-order valence-electron chi connectivity index (χ4n) is 2.16. The van der Waals surface area contributed by atoms with Gasteiger partial charge in [-0.3, -0.25) is 0 Å². The molecule has 1 saturated heterocycles. The molecule has 166 valence electrons. The Labute approximate surface area is 191 Å². The van der Waals surface area contributed by atoms with E-state index in [1.807, 2.05) is 48.5 Å². The standard InChI is InChI=1S/C12H17BO2.C7H7F.CH2FI.3CH4/c1-11(2)12(3,4)15-13(14-11)10-8-6-5-7-9-10;8-6-7-4-2-1-3-5-7;2-1-3;;;/h5-9H,1-4H3;1-5H,6H2;1H2;3*1H4. The minimum absolute atomic E-state index is 0. The van der Waals surface area contributed by atoms with Crippen LogP contribution in [0.2, 0.25) is 0 Å². The predicted octanol–water partition coefficient (Wildman–Crippen LogP) is 7.40. The second kappa shape index (κ2) is 15.8. The van der Waals surface area contributed by atoms with E-state index >= 15 is 0 Å². The zero-order valence-corrected chi connectivity index (χ0v) is 17.9. The number of benzene rings is 2. The van der Waals surface area contributed by atoms with Crippen LogP contribution in [0.3, 0.4) is 0 Å². The van der Waals surface area contributed by atoms with Gasteiger partial charge in [-0.25, -0.2) is 8.78 Å². The Balaban J connectivity index is -0.000000416. The molecule has 6 heteroatoms. The molecule has 2 aromatic rings. The highest BCUT2D eigenvalue weighted by Gasteiger charge is 2.51. The van der Waals surface area contributed by atoms with Crippen LogP contribution in [0.1, 0.15) is 55.5 Å². The molecule has 0 saturated carbocycles. The van der Waals surface area contributed by atoms with Crippen molar-refractivity contribution in [1.29, 1.82) is 0 Å². The van der Waals surface area contributed by atoms with E-state index in [2.05, 4.69) is 27.7 Å². The van der Waals surface area contributed by atoms with Gasteiger partial charge in [0.05, 0.1) is 11.2 Å². The molecule has 0 radical (unpaired) electrons. The monoisotopic (exact) mass is 522 g/mol. The molecule has 0 bridgehead atoms. The van der Waals surface area contributed by atoms with Gasteiger partial charge < -0.3 is 9.31 Å². The van der Waals surface area contributed by atoms with Crippen molar-refractivity contribution in [2.24, 2.45) is 0 Å². The molecule has 0 N–H and O–H groups in total. The fourth-order valence-corrected chi connectivity index (χ4v) is 2.16. The maximum Gasteiger partial charge on any atom is 0.494 e. The molecule has 0 unspecified atom stereocenters. The van der Waals surface area contributed by atoms with E-state index < -0.39 is 0 Å². The first-order chi connectivity index (χ1) is 12.3. The van der Waals surface area contributed by atoms with Crippen molar-refractivity contribution < 1.29 is 18.1 Å². The Morgan fingerprint density at radius 1 is 0.759 bits per heavy atom. The molecule has 1 aliphatic rings. The van der Waals surface area contributed by atoms with Gasteiger partial charge >= 0.3 is 7.12 Å². The normalized spacial score (nSPS) is 15.1. The molecular weight excluding hydrogens is 484 g/mol. The number of rotatable bonds is 2. The van der Waals surface area contributed by atoms with Gasteiger partial charge in [0.25, 0.3) is 0 Å². The van der Waals surface area contributed by atoms with E-state index in [0.29, 0.717) is 0 Å². The molecule has 3 rings (SSSR count). The SMILES string of the molecule is C.C.C.CC1(C)OB(c2ccccc2)OC1(C)C.FCI.FCc1ccccc1. The van der Waals surface area contributed by atoms with Gasteiger partial charge in [-0.05, 0) is 61.3 Å². The molecule has 0 aliphatic carbocycles. The number of hydrogen-bond acceptors (Lipinski definition) is 2. The lowest BCUT2D eigenvalue weighted by atomic mass is 9.79. The molecule has 2 nitrogen and oxygen atoms in total. The highest BCUT2D eigenvalue weighted by atomic mass is 127. The summed E-state index contributed by atoms with van der Waals surface area (Å²) in [7, 11) is -0.240. The first-order valence-corrected chi connectivity index (χ1v) is 9.92. The van der Waals surface area contributed by atoms with E-state index in [1.165, 1.54) is 0 Å². The number of halogens is 3. The minimum Gasteiger partial charge on any atom is -0.399 e. The van der Waals surface area contributed by atoms with Crippen LogP contribution in [-0.2, 0) is 16.0 Å². The summed E-state index contributed by atoms with van der Waals surface area (Å²) in [6, 6.07) is 19.1. The molecule has 0 spiro atoms. The fraction of sp³-hybridized carbons (Fsp3) is 0.478. The van der Waals surface area contributed by atoms with Gasteiger partial charge in [0, 0.05) is 0 Å². The van der Waals surface area contributed by atoms with Crippen LogP contribution in [0.4, 0.5) is 8.78 Å². The highest BCUT2D eigenvalue weighted by Crippen LogP contribution is 2.36. The molecular formula is C23H38BF2IO2. The van der Waals surface area contributed by atoms with Crippen LogP contribution in [0, 0.1) is 0 Å². The zero-order valence-electron chi connectivity index (χ0n) is 15.7. The average molecular weight is 522 g/mol. The van der Waals surface area contributed by atoms with Crippen molar-refractivity contribution in [2.45, 2.75) is 67.9 Å². The molecule has 2 aromatic carbocycles. The maximum absolute atomic E-state index is 11.7. The van der Waals surface area contributed by atoms with E-state index in [-0.39, 0.29) is 52.0 Å². The third kappa shape index (κ3) is 10.6. The smallest absolute Gasteiger partial charge is 0.399 e. The molecule has 1 aliphatic heterocycles. The second-order valence-electron chi connectivity index (χ2n) is 6.72. The minimum atomic E-state index is -0.360. The first-order valence-electron chi connectivity index (χ1n) is 8.40. The Morgan fingerprint density at radius 2 is 1.10 bits per heavy atom. The summed E-state index contributed by atoms with van der Waals surface area (Å²) < 4.78 is 33.6. The molecule has 29 heavy (non-hydrogen) atoms. The van der Waals surface area contributed by atoms with Crippen LogP contribution in [0.15, 0.2) is 60.7 Å².